The van der Waals surface area contributed by atoms with E-state index in [1.54, 1.807) is 4.90 Å². The molecule has 124 valence electrons. The number of nitrogens with zero attached hydrogens (tertiary/aromatic N) is 1. The van der Waals surface area contributed by atoms with Gasteiger partial charge in [0.25, 0.3) is 0 Å². The molecule has 0 bridgehead atoms. The van der Waals surface area contributed by atoms with Crippen LogP contribution in [0, 0.1) is 0 Å². The summed E-state index contributed by atoms with van der Waals surface area (Å²) < 4.78 is 6.26. The highest BCUT2D eigenvalue weighted by Crippen LogP contribution is 2.23. The third-order valence-corrected chi connectivity index (χ3v) is 4.12. The van der Waals surface area contributed by atoms with Gasteiger partial charge in [0.15, 0.2) is 0 Å². The van der Waals surface area contributed by atoms with Crippen molar-refractivity contribution in [2.24, 2.45) is 0 Å². The van der Waals surface area contributed by atoms with E-state index in [-0.39, 0.29) is 6.09 Å². The fourth-order valence-electron chi connectivity index (χ4n) is 1.80. The zero-order valence-corrected chi connectivity index (χ0v) is 15.9. The molecule has 0 spiro atoms. The predicted octanol–water partition coefficient (Wildman–Crippen LogP) is 4.45. The topological polar surface area (TPSA) is 41.6 Å². The van der Waals surface area contributed by atoms with E-state index in [0.717, 1.165) is 16.6 Å². The lowest BCUT2D eigenvalue weighted by Crippen LogP contribution is -2.40. The lowest BCUT2D eigenvalue weighted by Gasteiger charge is -2.26. The monoisotopic (exact) mass is 390 g/mol. The average Bonchev–Trinajstić information content (AvgIpc) is 2.40. The lowest BCUT2D eigenvalue weighted by atomic mass is 10.2. The van der Waals surface area contributed by atoms with Crippen molar-refractivity contribution in [2.75, 3.05) is 19.6 Å². The molecule has 1 amide bonds. The summed E-state index contributed by atoms with van der Waals surface area (Å²) in [6.07, 6.45) is -0.272. The molecule has 22 heavy (non-hydrogen) atoms. The summed E-state index contributed by atoms with van der Waals surface area (Å²) in [6.45, 7) is 10.2. The van der Waals surface area contributed by atoms with Crippen LogP contribution in [0.2, 0.25) is 5.02 Å². The average molecular weight is 392 g/mol. The van der Waals surface area contributed by atoms with Crippen molar-refractivity contribution in [3.05, 3.63) is 33.3 Å². The van der Waals surface area contributed by atoms with E-state index in [0.29, 0.717) is 24.7 Å². The van der Waals surface area contributed by atoms with E-state index in [1.807, 2.05) is 45.9 Å². The van der Waals surface area contributed by atoms with Gasteiger partial charge in [0.05, 0.1) is 5.02 Å². The minimum atomic E-state index is -0.465. The van der Waals surface area contributed by atoms with Gasteiger partial charge in [-0.1, -0.05) is 17.7 Å². The highest BCUT2D eigenvalue weighted by molar-refractivity contribution is 9.10. The van der Waals surface area contributed by atoms with Crippen LogP contribution < -0.4 is 5.32 Å². The highest BCUT2D eigenvalue weighted by Gasteiger charge is 2.20. The molecule has 1 rings (SSSR count). The van der Waals surface area contributed by atoms with Gasteiger partial charge in [0.1, 0.15) is 5.60 Å². The number of hydrogen-bond donors (Lipinski definition) is 1. The first-order valence-corrected chi connectivity index (χ1v) is 8.52. The standard InChI is InChI=1S/C16H24BrClN2O2/c1-5-20(15(21)22-16(2,3)4)9-8-19-11-12-6-7-14(18)13(17)10-12/h6-7,10,19H,5,8-9,11H2,1-4H3. The first-order chi connectivity index (χ1) is 10.2. The minimum absolute atomic E-state index is 0.272. The van der Waals surface area contributed by atoms with E-state index < -0.39 is 5.60 Å². The number of likely N-dealkylation sites (N-methyl/N-ethyl adjacent to an activating group) is 1. The van der Waals surface area contributed by atoms with Gasteiger partial charge in [-0.05, 0) is 61.3 Å². The van der Waals surface area contributed by atoms with Crippen molar-refractivity contribution in [3.63, 3.8) is 0 Å². The molecule has 0 atom stereocenters. The number of amides is 1. The molecule has 4 nitrogen and oxygen atoms in total. The molecule has 0 saturated heterocycles. The molecule has 0 radical (unpaired) electrons. The fraction of sp³-hybridized carbons (Fsp3) is 0.562. The Morgan fingerprint density at radius 3 is 2.64 bits per heavy atom. The van der Waals surface area contributed by atoms with Gasteiger partial charge in [0.2, 0.25) is 0 Å². The fourth-order valence-corrected chi connectivity index (χ4v) is 2.35. The first-order valence-electron chi connectivity index (χ1n) is 7.35. The summed E-state index contributed by atoms with van der Waals surface area (Å²) in [5.41, 5.74) is 0.671. The van der Waals surface area contributed by atoms with Crippen molar-refractivity contribution in [2.45, 2.75) is 39.8 Å². The Balaban J connectivity index is 2.38. The molecule has 6 heteroatoms. The van der Waals surface area contributed by atoms with E-state index >= 15 is 0 Å². The molecular formula is C16H24BrClN2O2. The van der Waals surface area contributed by atoms with Crippen molar-refractivity contribution in [1.82, 2.24) is 10.2 Å². The maximum Gasteiger partial charge on any atom is 0.410 e. The summed E-state index contributed by atoms with van der Waals surface area (Å²) in [6, 6.07) is 5.83. The molecule has 0 aliphatic carbocycles. The molecule has 0 aliphatic rings. The molecule has 0 fully saturated rings. The summed E-state index contributed by atoms with van der Waals surface area (Å²) in [5, 5.41) is 4.02. The van der Waals surface area contributed by atoms with Gasteiger partial charge < -0.3 is 15.0 Å². The van der Waals surface area contributed by atoms with Crippen LogP contribution >= 0.6 is 27.5 Å². The number of benzene rings is 1. The van der Waals surface area contributed by atoms with Crippen molar-refractivity contribution in [3.8, 4) is 0 Å². The Morgan fingerprint density at radius 2 is 2.09 bits per heavy atom. The number of ether oxygens (including phenoxy) is 1. The van der Waals surface area contributed by atoms with Gasteiger partial charge in [-0.15, -0.1) is 0 Å². The van der Waals surface area contributed by atoms with Crippen LogP contribution in [0.5, 0.6) is 0 Å². The quantitative estimate of drug-likeness (QED) is 0.728. The summed E-state index contributed by atoms with van der Waals surface area (Å²) in [5.74, 6) is 0. The summed E-state index contributed by atoms with van der Waals surface area (Å²) in [4.78, 5) is 13.7. The van der Waals surface area contributed by atoms with E-state index in [4.69, 9.17) is 16.3 Å². The second-order valence-corrected chi connectivity index (χ2v) is 7.25. The van der Waals surface area contributed by atoms with Gasteiger partial charge >= 0.3 is 6.09 Å². The lowest BCUT2D eigenvalue weighted by molar-refractivity contribution is 0.0262. The van der Waals surface area contributed by atoms with Gasteiger partial charge in [-0.25, -0.2) is 4.79 Å². The molecule has 0 unspecified atom stereocenters. The Hall–Kier alpha value is -0.780. The highest BCUT2D eigenvalue weighted by atomic mass is 79.9. The van der Waals surface area contributed by atoms with Crippen LogP contribution in [0.4, 0.5) is 4.79 Å². The Bertz CT molecular complexity index is 503. The second-order valence-electron chi connectivity index (χ2n) is 5.99. The molecule has 0 heterocycles. The van der Waals surface area contributed by atoms with Crippen LogP contribution in [0.1, 0.15) is 33.3 Å². The van der Waals surface area contributed by atoms with Crippen LogP contribution in [-0.2, 0) is 11.3 Å². The Kier molecular flexibility index (Phi) is 7.66. The van der Waals surface area contributed by atoms with Gasteiger partial charge in [-0.2, -0.15) is 0 Å². The van der Waals surface area contributed by atoms with Crippen LogP contribution in [0.3, 0.4) is 0 Å². The third-order valence-electron chi connectivity index (χ3n) is 2.91. The Labute approximate surface area is 146 Å². The number of halogens is 2. The normalized spacial score (nSPS) is 11.4. The zero-order valence-electron chi connectivity index (χ0n) is 13.6. The van der Waals surface area contributed by atoms with Gasteiger partial charge in [-0.3, -0.25) is 0 Å². The smallest absolute Gasteiger partial charge is 0.410 e. The largest absolute Gasteiger partial charge is 0.444 e. The van der Waals surface area contributed by atoms with E-state index in [2.05, 4.69) is 21.2 Å². The van der Waals surface area contributed by atoms with Crippen molar-refractivity contribution in [1.29, 1.82) is 0 Å². The van der Waals surface area contributed by atoms with Crippen molar-refractivity contribution < 1.29 is 9.53 Å². The summed E-state index contributed by atoms with van der Waals surface area (Å²) >= 11 is 9.37. The van der Waals surface area contributed by atoms with E-state index in [9.17, 15) is 4.79 Å². The number of nitrogens with one attached hydrogen (secondary N) is 1. The molecule has 1 N–H and O–H groups in total. The van der Waals surface area contributed by atoms with Crippen LogP contribution in [-0.4, -0.2) is 36.2 Å². The first kappa shape index (κ1) is 19.3. The molecule has 0 aliphatic heterocycles. The number of hydrogen-bond acceptors (Lipinski definition) is 3. The minimum Gasteiger partial charge on any atom is -0.444 e. The molecular weight excluding hydrogens is 368 g/mol. The second kappa shape index (κ2) is 8.75. The van der Waals surface area contributed by atoms with E-state index in [1.165, 1.54) is 0 Å². The number of carbonyl (C=O) groups is 1. The number of rotatable bonds is 6. The maximum atomic E-state index is 12.0. The maximum absolute atomic E-state index is 12.0. The predicted molar refractivity (Wildman–Crippen MR) is 94.3 cm³/mol. The number of carbonyl (C=O) groups excluding carboxylic acids is 1. The summed E-state index contributed by atoms with van der Waals surface area (Å²) in [7, 11) is 0. The molecule has 1 aromatic carbocycles. The molecule has 0 aromatic heterocycles. The zero-order chi connectivity index (χ0) is 16.8. The van der Waals surface area contributed by atoms with Crippen molar-refractivity contribution >= 4 is 33.6 Å². The SMILES string of the molecule is CCN(CCNCc1ccc(Cl)c(Br)c1)C(=O)OC(C)(C)C. The van der Waals surface area contributed by atoms with Gasteiger partial charge in [0, 0.05) is 30.7 Å². The molecule has 1 aromatic rings. The van der Waals surface area contributed by atoms with Crippen LogP contribution in [0.15, 0.2) is 22.7 Å². The Morgan fingerprint density at radius 1 is 1.41 bits per heavy atom. The molecule has 0 saturated carbocycles. The van der Waals surface area contributed by atoms with Crippen LogP contribution in [0.25, 0.3) is 0 Å². The third kappa shape index (κ3) is 6.99.